The zero-order valence-electron chi connectivity index (χ0n) is 10.2. The van der Waals surface area contributed by atoms with Crippen molar-refractivity contribution in [1.82, 2.24) is 5.32 Å². The summed E-state index contributed by atoms with van der Waals surface area (Å²) in [6, 6.07) is 5.89. The van der Waals surface area contributed by atoms with Crippen LogP contribution in [-0.2, 0) is 4.79 Å². The minimum Gasteiger partial charge on any atom is -0.484 e. The largest absolute Gasteiger partial charge is 0.484 e. The summed E-state index contributed by atoms with van der Waals surface area (Å²) in [5.41, 5.74) is 0. The Morgan fingerprint density at radius 2 is 2.29 bits per heavy atom. The second kappa shape index (κ2) is 6.89. The molecule has 1 atom stereocenters. The summed E-state index contributed by atoms with van der Waals surface area (Å²) in [5, 5.41) is 2.81. The number of carbonyl (C=O) groups is 1. The SMILES string of the molecule is CCCC(C)NC(=O)COc1cccc(F)c1. The number of nitrogens with one attached hydrogen (secondary N) is 1. The van der Waals surface area contributed by atoms with Crippen molar-refractivity contribution < 1.29 is 13.9 Å². The van der Waals surface area contributed by atoms with Crippen molar-refractivity contribution in [3.05, 3.63) is 30.1 Å². The zero-order chi connectivity index (χ0) is 12.7. The van der Waals surface area contributed by atoms with Crippen LogP contribution in [0.25, 0.3) is 0 Å². The molecule has 0 spiro atoms. The summed E-state index contributed by atoms with van der Waals surface area (Å²) in [6.07, 6.45) is 1.96. The first kappa shape index (κ1) is 13.5. The van der Waals surface area contributed by atoms with Gasteiger partial charge in [0.1, 0.15) is 11.6 Å². The summed E-state index contributed by atoms with van der Waals surface area (Å²) in [4.78, 5) is 11.5. The number of amides is 1. The van der Waals surface area contributed by atoms with Gasteiger partial charge >= 0.3 is 0 Å². The Balaban J connectivity index is 2.33. The second-order valence-corrected chi connectivity index (χ2v) is 4.00. The molecule has 3 nitrogen and oxygen atoms in total. The molecule has 0 saturated carbocycles. The highest BCUT2D eigenvalue weighted by atomic mass is 19.1. The van der Waals surface area contributed by atoms with Gasteiger partial charge in [-0.3, -0.25) is 4.79 Å². The monoisotopic (exact) mass is 239 g/mol. The van der Waals surface area contributed by atoms with Crippen molar-refractivity contribution in [3.63, 3.8) is 0 Å². The van der Waals surface area contributed by atoms with Crippen LogP contribution in [0, 0.1) is 5.82 Å². The number of ether oxygens (including phenoxy) is 1. The molecule has 1 aromatic carbocycles. The molecule has 1 N–H and O–H groups in total. The van der Waals surface area contributed by atoms with Crippen LogP contribution < -0.4 is 10.1 Å². The van der Waals surface area contributed by atoms with Crippen molar-refractivity contribution in [1.29, 1.82) is 0 Å². The second-order valence-electron chi connectivity index (χ2n) is 4.00. The molecule has 1 rings (SSSR count). The Hall–Kier alpha value is -1.58. The smallest absolute Gasteiger partial charge is 0.258 e. The lowest BCUT2D eigenvalue weighted by Crippen LogP contribution is -2.35. The molecule has 0 bridgehead atoms. The molecular weight excluding hydrogens is 221 g/mol. The summed E-state index contributed by atoms with van der Waals surface area (Å²) in [5.74, 6) is -0.194. The van der Waals surface area contributed by atoms with E-state index in [4.69, 9.17) is 4.74 Å². The van der Waals surface area contributed by atoms with E-state index in [-0.39, 0.29) is 24.4 Å². The standard InChI is InChI=1S/C13H18FNO2/c1-3-5-10(2)15-13(16)9-17-12-7-4-6-11(14)8-12/h4,6-8,10H,3,5,9H2,1-2H3,(H,15,16). The number of benzene rings is 1. The van der Waals surface area contributed by atoms with E-state index in [0.717, 1.165) is 12.8 Å². The van der Waals surface area contributed by atoms with Crippen LogP contribution in [0.1, 0.15) is 26.7 Å². The van der Waals surface area contributed by atoms with E-state index in [1.165, 1.54) is 12.1 Å². The van der Waals surface area contributed by atoms with Crippen molar-refractivity contribution in [2.45, 2.75) is 32.7 Å². The van der Waals surface area contributed by atoms with Crippen molar-refractivity contribution in [2.75, 3.05) is 6.61 Å². The first-order valence-corrected chi connectivity index (χ1v) is 5.79. The number of carbonyl (C=O) groups excluding carboxylic acids is 1. The van der Waals surface area contributed by atoms with Crippen molar-refractivity contribution in [2.24, 2.45) is 0 Å². The van der Waals surface area contributed by atoms with E-state index >= 15 is 0 Å². The molecule has 1 amide bonds. The zero-order valence-corrected chi connectivity index (χ0v) is 10.2. The van der Waals surface area contributed by atoms with Crippen LogP contribution in [0.4, 0.5) is 4.39 Å². The fraction of sp³-hybridized carbons (Fsp3) is 0.462. The van der Waals surface area contributed by atoms with E-state index < -0.39 is 0 Å². The fourth-order valence-corrected chi connectivity index (χ4v) is 1.53. The summed E-state index contributed by atoms with van der Waals surface area (Å²) < 4.78 is 18.0. The average molecular weight is 239 g/mol. The molecule has 17 heavy (non-hydrogen) atoms. The van der Waals surface area contributed by atoms with Gasteiger partial charge in [0.25, 0.3) is 5.91 Å². The third kappa shape index (κ3) is 5.33. The topological polar surface area (TPSA) is 38.3 Å². The molecule has 1 aromatic rings. The third-order valence-electron chi connectivity index (χ3n) is 2.30. The maximum absolute atomic E-state index is 12.8. The predicted octanol–water partition coefficient (Wildman–Crippen LogP) is 2.51. The molecule has 1 unspecified atom stereocenters. The number of halogens is 1. The molecule has 4 heteroatoms. The minimum atomic E-state index is -0.373. The lowest BCUT2D eigenvalue weighted by atomic mass is 10.2. The van der Waals surface area contributed by atoms with E-state index in [9.17, 15) is 9.18 Å². The molecule has 0 aliphatic rings. The molecule has 0 aromatic heterocycles. The predicted molar refractivity (Wildman–Crippen MR) is 64.4 cm³/mol. The van der Waals surface area contributed by atoms with Gasteiger partial charge in [0.05, 0.1) is 0 Å². The van der Waals surface area contributed by atoms with Gasteiger partial charge in [0.2, 0.25) is 0 Å². The van der Waals surface area contributed by atoms with E-state index in [0.29, 0.717) is 5.75 Å². The van der Waals surface area contributed by atoms with Gasteiger partial charge in [-0.2, -0.15) is 0 Å². The Bertz CT molecular complexity index is 368. The van der Waals surface area contributed by atoms with E-state index in [2.05, 4.69) is 12.2 Å². The molecule has 0 heterocycles. The molecule has 0 saturated heterocycles. The molecular formula is C13H18FNO2. The van der Waals surface area contributed by atoms with Gasteiger partial charge in [-0.15, -0.1) is 0 Å². The Kier molecular flexibility index (Phi) is 5.46. The molecule has 94 valence electrons. The van der Waals surface area contributed by atoms with Gasteiger partial charge in [0.15, 0.2) is 6.61 Å². The highest BCUT2D eigenvalue weighted by Crippen LogP contribution is 2.11. The summed E-state index contributed by atoms with van der Waals surface area (Å²) >= 11 is 0. The highest BCUT2D eigenvalue weighted by molar-refractivity contribution is 5.77. The van der Waals surface area contributed by atoms with Gasteiger partial charge in [0, 0.05) is 12.1 Å². The Morgan fingerprint density at radius 3 is 2.94 bits per heavy atom. The first-order chi connectivity index (χ1) is 8.11. The highest BCUT2D eigenvalue weighted by Gasteiger charge is 2.07. The van der Waals surface area contributed by atoms with Crippen LogP contribution in [0.15, 0.2) is 24.3 Å². The van der Waals surface area contributed by atoms with Gasteiger partial charge < -0.3 is 10.1 Å². The van der Waals surface area contributed by atoms with Crippen molar-refractivity contribution >= 4 is 5.91 Å². The maximum atomic E-state index is 12.8. The number of rotatable bonds is 6. The lowest BCUT2D eigenvalue weighted by molar-refractivity contribution is -0.123. The fourth-order valence-electron chi connectivity index (χ4n) is 1.53. The average Bonchev–Trinajstić information content (AvgIpc) is 2.27. The number of hydrogen-bond acceptors (Lipinski definition) is 2. The van der Waals surface area contributed by atoms with Gasteiger partial charge in [-0.1, -0.05) is 19.4 Å². The van der Waals surface area contributed by atoms with Crippen LogP contribution in [0.2, 0.25) is 0 Å². The molecule has 0 fully saturated rings. The van der Waals surface area contributed by atoms with E-state index in [1.807, 2.05) is 6.92 Å². The van der Waals surface area contributed by atoms with Crippen LogP contribution in [-0.4, -0.2) is 18.6 Å². The van der Waals surface area contributed by atoms with Crippen molar-refractivity contribution in [3.8, 4) is 5.75 Å². The van der Waals surface area contributed by atoms with Crippen LogP contribution in [0.3, 0.4) is 0 Å². The van der Waals surface area contributed by atoms with Crippen LogP contribution in [0.5, 0.6) is 5.75 Å². The normalized spacial score (nSPS) is 11.9. The summed E-state index contributed by atoms with van der Waals surface area (Å²) in [7, 11) is 0. The Labute approximate surface area is 101 Å². The maximum Gasteiger partial charge on any atom is 0.258 e. The van der Waals surface area contributed by atoms with Crippen LogP contribution >= 0.6 is 0 Å². The summed E-state index contributed by atoms with van der Waals surface area (Å²) in [6.45, 7) is 3.92. The molecule has 0 aliphatic heterocycles. The third-order valence-corrected chi connectivity index (χ3v) is 2.30. The minimum absolute atomic E-state index is 0.0858. The lowest BCUT2D eigenvalue weighted by Gasteiger charge is -2.13. The molecule has 0 aliphatic carbocycles. The van der Waals surface area contributed by atoms with E-state index in [1.54, 1.807) is 12.1 Å². The molecule has 0 radical (unpaired) electrons. The first-order valence-electron chi connectivity index (χ1n) is 5.79. The number of hydrogen-bond donors (Lipinski definition) is 1. The quantitative estimate of drug-likeness (QED) is 0.828. The Morgan fingerprint density at radius 1 is 1.53 bits per heavy atom. The van der Waals surface area contributed by atoms with Gasteiger partial charge in [-0.05, 0) is 25.5 Å². The van der Waals surface area contributed by atoms with Gasteiger partial charge in [-0.25, -0.2) is 4.39 Å².